The minimum atomic E-state index is 0. The maximum atomic E-state index is 12.4. The van der Waals surface area contributed by atoms with Crippen molar-refractivity contribution in [3.63, 3.8) is 0 Å². The molecule has 0 saturated carbocycles. The number of hydrogen-bond acceptors (Lipinski definition) is 2. The van der Waals surface area contributed by atoms with Crippen LogP contribution in [0.15, 0.2) is 54.9 Å². The first-order chi connectivity index (χ1) is 10.8. The van der Waals surface area contributed by atoms with Gasteiger partial charge in [0.15, 0.2) is 18.9 Å². The number of benzene rings is 1. The average Bonchev–Trinajstić information content (AvgIpc) is 2.61. The molecule has 1 aliphatic heterocycles. The van der Waals surface area contributed by atoms with E-state index >= 15 is 0 Å². The summed E-state index contributed by atoms with van der Waals surface area (Å²) in [5, 5.41) is 0. The van der Waals surface area contributed by atoms with Gasteiger partial charge in [-0.15, -0.1) is 0 Å². The van der Waals surface area contributed by atoms with E-state index in [9.17, 15) is 4.79 Å². The van der Waals surface area contributed by atoms with Gasteiger partial charge >= 0.3 is 0 Å². The summed E-state index contributed by atoms with van der Waals surface area (Å²) >= 11 is 0. The van der Waals surface area contributed by atoms with Gasteiger partial charge in [0.05, 0.1) is 18.8 Å². The molecule has 1 amide bonds. The van der Waals surface area contributed by atoms with E-state index in [4.69, 9.17) is 4.74 Å². The summed E-state index contributed by atoms with van der Waals surface area (Å²) < 4.78 is 7.40. The Balaban J connectivity index is 0.00000192. The second kappa shape index (κ2) is 8.79. The molecule has 1 aliphatic rings. The van der Waals surface area contributed by atoms with Crippen molar-refractivity contribution in [1.82, 2.24) is 4.90 Å². The molecule has 0 unspecified atom stereocenters. The SMILES string of the molecule is O=C(c1cc[n+](CCc2ccccc2)cc1)N1CCOCC1.[Br-]. The van der Waals surface area contributed by atoms with Gasteiger partial charge in [-0.2, -0.15) is 0 Å². The standard InChI is InChI=1S/C18H21N2O2.BrH/c21-18(20-12-14-22-15-13-20)17-7-10-19(11-8-17)9-6-16-4-2-1-3-5-16;/h1-5,7-8,10-11H,6,9,12-15H2;1H/q+1;/p-1. The first kappa shape index (κ1) is 17.6. The number of aryl methyl sites for hydroxylation is 2. The number of halogens is 1. The lowest BCUT2D eigenvalue weighted by Gasteiger charge is -2.26. The van der Waals surface area contributed by atoms with Gasteiger partial charge in [0.25, 0.3) is 5.91 Å². The highest BCUT2D eigenvalue weighted by Crippen LogP contribution is 2.06. The largest absolute Gasteiger partial charge is 1.00 e. The lowest BCUT2D eigenvalue weighted by atomic mass is 10.1. The van der Waals surface area contributed by atoms with Crippen LogP contribution in [0.3, 0.4) is 0 Å². The summed E-state index contributed by atoms with van der Waals surface area (Å²) in [6.45, 7) is 3.55. The zero-order valence-corrected chi connectivity index (χ0v) is 14.6. The van der Waals surface area contributed by atoms with Crippen molar-refractivity contribution in [2.24, 2.45) is 0 Å². The van der Waals surface area contributed by atoms with E-state index in [0.29, 0.717) is 26.3 Å². The van der Waals surface area contributed by atoms with Crippen molar-refractivity contribution in [3.8, 4) is 0 Å². The summed E-state index contributed by atoms with van der Waals surface area (Å²) in [6.07, 6.45) is 4.95. The minimum Gasteiger partial charge on any atom is -1.00 e. The van der Waals surface area contributed by atoms with Crippen LogP contribution in [0.25, 0.3) is 0 Å². The Labute approximate surface area is 147 Å². The van der Waals surface area contributed by atoms with E-state index in [0.717, 1.165) is 18.5 Å². The fourth-order valence-electron chi connectivity index (χ4n) is 2.60. The first-order valence-corrected chi connectivity index (χ1v) is 7.73. The Morgan fingerprint density at radius 1 is 1.04 bits per heavy atom. The van der Waals surface area contributed by atoms with Crippen molar-refractivity contribution >= 4 is 5.91 Å². The van der Waals surface area contributed by atoms with Crippen molar-refractivity contribution in [2.75, 3.05) is 26.3 Å². The van der Waals surface area contributed by atoms with E-state index in [1.807, 2.05) is 35.5 Å². The zero-order chi connectivity index (χ0) is 15.2. The van der Waals surface area contributed by atoms with Crippen LogP contribution >= 0.6 is 0 Å². The number of aromatic nitrogens is 1. The van der Waals surface area contributed by atoms with Gasteiger partial charge < -0.3 is 26.6 Å². The highest BCUT2D eigenvalue weighted by molar-refractivity contribution is 5.94. The van der Waals surface area contributed by atoms with Gasteiger partial charge in [0.2, 0.25) is 0 Å². The molecule has 23 heavy (non-hydrogen) atoms. The Morgan fingerprint density at radius 3 is 2.35 bits per heavy atom. The lowest BCUT2D eigenvalue weighted by Crippen LogP contribution is -3.00. The zero-order valence-electron chi connectivity index (χ0n) is 13.0. The van der Waals surface area contributed by atoms with Crippen LogP contribution in [0.4, 0.5) is 0 Å². The van der Waals surface area contributed by atoms with Crippen molar-refractivity contribution < 1.29 is 31.1 Å². The molecular weight excluding hydrogens is 356 g/mol. The summed E-state index contributed by atoms with van der Waals surface area (Å²) in [6, 6.07) is 14.2. The van der Waals surface area contributed by atoms with Crippen molar-refractivity contribution in [1.29, 1.82) is 0 Å². The predicted octanol–water partition coefficient (Wildman–Crippen LogP) is -1.31. The van der Waals surface area contributed by atoms with Crippen LogP contribution in [0, 0.1) is 0 Å². The lowest BCUT2D eigenvalue weighted by molar-refractivity contribution is -0.696. The molecule has 1 fully saturated rings. The molecule has 1 aromatic carbocycles. The molecule has 1 saturated heterocycles. The van der Waals surface area contributed by atoms with E-state index < -0.39 is 0 Å². The molecule has 2 aromatic rings. The first-order valence-electron chi connectivity index (χ1n) is 7.73. The van der Waals surface area contributed by atoms with Gasteiger partial charge in [-0.25, -0.2) is 4.57 Å². The normalized spacial score (nSPS) is 14.2. The smallest absolute Gasteiger partial charge is 0.254 e. The highest BCUT2D eigenvalue weighted by Gasteiger charge is 2.19. The summed E-state index contributed by atoms with van der Waals surface area (Å²) in [7, 11) is 0. The fraction of sp³-hybridized carbons (Fsp3) is 0.333. The van der Waals surface area contributed by atoms with E-state index in [2.05, 4.69) is 28.8 Å². The van der Waals surface area contributed by atoms with Crippen LogP contribution in [-0.4, -0.2) is 37.1 Å². The molecule has 5 heteroatoms. The minimum absolute atomic E-state index is 0. The predicted molar refractivity (Wildman–Crippen MR) is 83.5 cm³/mol. The number of amides is 1. The van der Waals surface area contributed by atoms with Gasteiger partial charge in [-0.1, -0.05) is 30.3 Å². The molecule has 2 heterocycles. The van der Waals surface area contributed by atoms with Crippen molar-refractivity contribution in [2.45, 2.75) is 13.0 Å². The average molecular weight is 377 g/mol. The maximum Gasteiger partial charge on any atom is 0.254 e. The summed E-state index contributed by atoms with van der Waals surface area (Å²) in [5.74, 6) is 0.0958. The number of hydrogen-bond donors (Lipinski definition) is 0. The van der Waals surface area contributed by atoms with Gasteiger partial charge in [0, 0.05) is 31.6 Å². The molecular formula is C18H21BrN2O2. The second-order valence-corrected chi connectivity index (χ2v) is 5.46. The van der Waals surface area contributed by atoms with Crippen LogP contribution in [0.1, 0.15) is 15.9 Å². The fourth-order valence-corrected chi connectivity index (χ4v) is 2.60. The van der Waals surface area contributed by atoms with Crippen molar-refractivity contribution in [3.05, 3.63) is 66.0 Å². The topological polar surface area (TPSA) is 33.4 Å². The molecule has 1 aromatic heterocycles. The summed E-state index contributed by atoms with van der Waals surface area (Å²) in [4.78, 5) is 14.2. The molecule has 0 bridgehead atoms. The molecule has 4 nitrogen and oxygen atoms in total. The van der Waals surface area contributed by atoms with Gasteiger partial charge in [-0.05, 0) is 5.56 Å². The molecule has 0 radical (unpaired) electrons. The highest BCUT2D eigenvalue weighted by atomic mass is 79.9. The quantitative estimate of drug-likeness (QED) is 0.621. The van der Waals surface area contributed by atoms with Crippen LogP contribution in [0.2, 0.25) is 0 Å². The number of ether oxygens (including phenoxy) is 1. The molecule has 0 atom stereocenters. The van der Waals surface area contributed by atoms with Gasteiger partial charge in [-0.3, -0.25) is 4.79 Å². The third kappa shape index (κ3) is 4.88. The number of nitrogens with zero attached hydrogens (tertiary/aromatic N) is 2. The van der Waals surface area contributed by atoms with Crippen LogP contribution in [0.5, 0.6) is 0 Å². The monoisotopic (exact) mass is 376 g/mol. The number of carbonyl (C=O) groups is 1. The number of pyridine rings is 1. The second-order valence-electron chi connectivity index (χ2n) is 5.46. The number of morpholine rings is 1. The number of rotatable bonds is 4. The van der Waals surface area contributed by atoms with E-state index in [1.165, 1.54) is 5.56 Å². The maximum absolute atomic E-state index is 12.4. The van der Waals surface area contributed by atoms with Gasteiger partial charge in [0.1, 0.15) is 0 Å². The Hall–Kier alpha value is -1.72. The van der Waals surface area contributed by atoms with Crippen LogP contribution in [-0.2, 0) is 17.7 Å². The molecule has 122 valence electrons. The molecule has 0 N–H and O–H groups in total. The molecule has 3 rings (SSSR count). The third-order valence-electron chi connectivity index (χ3n) is 3.94. The molecule has 0 spiro atoms. The van der Waals surface area contributed by atoms with E-state index in [-0.39, 0.29) is 22.9 Å². The number of carbonyl (C=O) groups excluding carboxylic acids is 1. The third-order valence-corrected chi connectivity index (χ3v) is 3.94. The Morgan fingerprint density at radius 2 is 1.70 bits per heavy atom. The van der Waals surface area contributed by atoms with Crippen LogP contribution < -0.4 is 21.5 Å². The van der Waals surface area contributed by atoms with E-state index in [1.54, 1.807) is 0 Å². The Kier molecular flexibility index (Phi) is 6.74. The summed E-state index contributed by atoms with van der Waals surface area (Å²) in [5.41, 5.74) is 2.07. The Bertz CT molecular complexity index is 611. The molecule has 0 aliphatic carbocycles.